The SMILES string of the molecule is Cc1ncsc1CCOCc1ccc(C(=O)NN)s1. The summed E-state index contributed by atoms with van der Waals surface area (Å²) in [4.78, 5) is 18.3. The van der Waals surface area contributed by atoms with Crippen LogP contribution in [-0.4, -0.2) is 17.5 Å². The number of carbonyl (C=O) groups excluding carboxylic acids is 1. The zero-order valence-electron chi connectivity index (χ0n) is 10.5. The summed E-state index contributed by atoms with van der Waals surface area (Å²) in [6.07, 6.45) is 0.873. The fraction of sp³-hybridized carbons (Fsp3) is 0.333. The quantitative estimate of drug-likeness (QED) is 0.369. The summed E-state index contributed by atoms with van der Waals surface area (Å²) in [5.74, 6) is 4.81. The average Bonchev–Trinajstić information content (AvgIpc) is 3.03. The lowest BCUT2D eigenvalue weighted by Gasteiger charge is -2.01. The summed E-state index contributed by atoms with van der Waals surface area (Å²) in [6.45, 7) is 3.17. The predicted molar refractivity (Wildman–Crippen MR) is 76.2 cm³/mol. The zero-order chi connectivity index (χ0) is 13.7. The van der Waals surface area contributed by atoms with Crippen molar-refractivity contribution in [3.05, 3.63) is 38.0 Å². The number of thiazole rings is 1. The number of nitrogens with two attached hydrogens (primary N) is 1. The van der Waals surface area contributed by atoms with Crippen LogP contribution in [0.5, 0.6) is 0 Å². The van der Waals surface area contributed by atoms with Gasteiger partial charge in [-0.25, -0.2) is 10.8 Å². The topological polar surface area (TPSA) is 77.2 Å². The molecule has 0 saturated heterocycles. The fourth-order valence-electron chi connectivity index (χ4n) is 1.55. The molecule has 0 aromatic carbocycles. The number of hydrogen-bond acceptors (Lipinski definition) is 6. The van der Waals surface area contributed by atoms with E-state index in [4.69, 9.17) is 10.6 Å². The van der Waals surface area contributed by atoms with Crippen LogP contribution in [0, 0.1) is 6.92 Å². The normalized spacial score (nSPS) is 10.6. The van der Waals surface area contributed by atoms with Gasteiger partial charge in [0.25, 0.3) is 5.91 Å². The van der Waals surface area contributed by atoms with Crippen molar-refractivity contribution < 1.29 is 9.53 Å². The highest BCUT2D eigenvalue weighted by atomic mass is 32.1. The first-order valence-corrected chi connectivity index (χ1v) is 7.46. The molecule has 0 saturated carbocycles. The van der Waals surface area contributed by atoms with Gasteiger partial charge in [0.1, 0.15) is 0 Å². The van der Waals surface area contributed by atoms with E-state index in [-0.39, 0.29) is 5.91 Å². The Balaban J connectivity index is 1.75. The van der Waals surface area contributed by atoms with Gasteiger partial charge in [-0.1, -0.05) is 0 Å². The van der Waals surface area contributed by atoms with Crippen LogP contribution >= 0.6 is 22.7 Å². The van der Waals surface area contributed by atoms with Crippen LogP contribution < -0.4 is 11.3 Å². The molecule has 0 aliphatic rings. The smallest absolute Gasteiger partial charge is 0.275 e. The number of hydrazine groups is 1. The number of ether oxygens (including phenoxy) is 1. The number of nitrogen functional groups attached to an aromatic ring is 1. The minimum atomic E-state index is -0.267. The van der Waals surface area contributed by atoms with Crippen LogP contribution in [0.3, 0.4) is 0 Å². The lowest BCUT2D eigenvalue weighted by Crippen LogP contribution is -2.29. The molecule has 1 amide bonds. The van der Waals surface area contributed by atoms with E-state index in [0.29, 0.717) is 18.1 Å². The Hall–Kier alpha value is -1.28. The molecule has 3 N–H and O–H groups in total. The Morgan fingerprint density at radius 2 is 2.37 bits per heavy atom. The maximum Gasteiger partial charge on any atom is 0.275 e. The third kappa shape index (κ3) is 3.84. The zero-order valence-corrected chi connectivity index (χ0v) is 12.1. The van der Waals surface area contributed by atoms with E-state index in [1.54, 1.807) is 17.4 Å². The van der Waals surface area contributed by atoms with Gasteiger partial charge in [0.05, 0.1) is 29.3 Å². The van der Waals surface area contributed by atoms with Gasteiger partial charge in [-0.15, -0.1) is 22.7 Å². The molecule has 19 heavy (non-hydrogen) atoms. The Morgan fingerprint density at radius 3 is 3.05 bits per heavy atom. The summed E-state index contributed by atoms with van der Waals surface area (Å²) in [6, 6.07) is 3.63. The van der Waals surface area contributed by atoms with Crippen LogP contribution in [0.25, 0.3) is 0 Å². The Labute approximate surface area is 119 Å². The molecule has 0 unspecified atom stereocenters. The molecule has 0 fully saturated rings. The average molecular weight is 297 g/mol. The minimum absolute atomic E-state index is 0.267. The molecule has 0 spiro atoms. The van der Waals surface area contributed by atoms with Gasteiger partial charge in [0.15, 0.2) is 0 Å². The van der Waals surface area contributed by atoms with Crippen LogP contribution in [-0.2, 0) is 17.8 Å². The number of carbonyl (C=O) groups is 1. The Kier molecular flexibility index (Phi) is 5.03. The third-order valence-electron chi connectivity index (χ3n) is 2.58. The number of nitrogens with one attached hydrogen (secondary N) is 1. The lowest BCUT2D eigenvalue weighted by atomic mass is 10.3. The van der Waals surface area contributed by atoms with Crippen molar-refractivity contribution >= 4 is 28.6 Å². The van der Waals surface area contributed by atoms with Crippen LogP contribution in [0.15, 0.2) is 17.6 Å². The van der Waals surface area contributed by atoms with Crippen molar-refractivity contribution in [2.24, 2.45) is 5.84 Å². The molecule has 0 bridgehead atoms. The first-order valence-electron chi connectivity index (χ1n) is 5.77. The predicted octanol–water partition coefficient (Wildman–Crippen LogP) is 1.88. The van der Waals surface area contributed by atoms with Crippen molar-refractivity contribution in [2.75, 3.05) is 6.61 Å². The van der Waals surface area contributed by atoms with Crippen LogP contribution in [0.2, 0.25) is 0 Å². The maximum absolute atomic E-state index is 11.3. The Bertz CT molecular complexity index is 551. The standard InChI is InChI=1S/C12H15N3O2S2/c1-8-10(18-7-14-8)4-5-17-6-9-2-3-11(19-9)12(16)15-13/h2-3,7H,4-6,13H2,1H3,(H,15,16). The monoisotopic (exact) mass is 297 g/mol. The molecule has 2 heterocycles. The maximum atomic E-state index is 11.3. The summed E-state index contributed by atoms with van der Waals surface area (Å²) in [7, 11) is 0. The molecule has 0 radical (unpaired) electrons. The first kappa shape index (κ1) is 14.1. The minimum Gasteiger partial charge on any atom is -0.376 e. The van der Waals surface area contributed by atoms with Gasteiger partial charge in [-0.2, -0.15) is 0 Å². The second-order valence-electron chi connectivity index (χ2n) is 3.90. The van der Waals surface area contributed by atoms with E-state index in [1.165, 1.54) is 16.2 Å². The highest BCUT2D eigenvalue weighted by Gasteiger charge is 2.07. The third-order valence-corrected chi connectivity index (χ3v) is 4.63. The van der Waals surface area contributed by atoms with Crippen molar-refractivity contribution in [3.63, 3.8) is 0 Å². The van der Waals surface area contributed by atoms with Crippen molar-refractivity contribution in [1.29, 1.82) is 0 Å². The van der Waals surface area contributed by atoms with Gasteiger partial charge in [-0.05, 0) is 19.1 Å². The number of thiophene rings is 1. The summed E-state index contributed by atoms with van der Waals surface area (Å²) < 4.78 is 5.60. The number of hydrogen-bond donors (Lipinski definition) is 2. The van der Waals surface area contributed by atoms with E-state index >= 15 is 0 Å². The summed E-state index contributed by atoms with van der Waals surface area (Å²) >= 11 is 3.04. The van der Waals surface area contributed by atoms with Gasteiger partial charge < -0.3 is 4.74 Å². The van der Waals surface area contributed by atoms with Crippen molar-refractivity contribution in [3.8, 4) is 0 Å². The molecular weight excluding hydrogens is 282 g/mol. The van der Waals surface area contributed by atoms with Crippen LogP contribution in [0.4, 0.5) is 0 Å². The van der Waals surface area contributed by atoms with Crippen molar-refractivity contribution in [2.45, 2.75) is 20.0 Å². The van der Waals surface area contributed by atoms with E-state index < -0.39 is 0 Å². The van der Waals surface area contributed by atoms with Gasteiger partial charge in [0, 0.05) is 16.2 Å². The number of nitrogens with zero attached hydrogens (tertiary/aromatic N) is 1. The molecule has 0 aliphatic carbocycles. The van der Waals surface area contributed by atoms with E-state index in [2.05, 4.69) is 10.4 Å². The van der Waals surface area contributed by atoms with Gasteiger partial charge in [-0.3, -0.25) is 10.2 Å². The number of rotatable bonds is 6. The molecule has 7 heteroatoms. The van der Waals surface area contributed by atoms with E-state index in [0.717, 1.165) is 17.0 Å². The Morgan fingerprint density at radius 1 is 1.53 bits per heavy atom. The summed E-state index contributed by atoms with van der Waals surface area (Å²) in [5, 5.41) is 0. The lowest BCUT2D eigenvalue weighted by molar-refractivity contribution is 0.0957. The van der Waals surface area contributed by atoms with E-state index in [1.807, 2.05) is 18.5 Å². The van der Waals surface area contributed by atoms with Crippen LogP contribution in [0.1, 0.15) is 25.1 Å². The molecule has 0 aliphatic heterocycles. The largest absolute Gasteiger partial charge is 0.376 e. The molecule has 2 aromatic heterocycles. The number of amides is 1. The molecule has 102 valence electrons. The van der Waals surface area contributed by atoms with Gasteiger partial charge >= 0.3 is 0 Å². The highest BCUT2D eigenvalue weighted by molar-refractivity contribution is 7.14. The fourth-order valence-corrected chi connectivity index (χ4v) is 3.16. The molecule has 2 rings (SSSR count). The summed E-state index contributed by atoms with van der Waals surface area (Å²) in [5.41, 5.74) is 5.04. The van der Waals surface area contributed by atoms with Crippen molar-refractivity contribution in [1.82, 2.24) is 10.4 Å². The number of aromatic nitrogens is 1. The second kappa shape index (κ2) is 6.76. The highest BCUT2D eigenvalue weighted by Crippen LogP contribution is 2.18. The molecule has 0 atom stereocenters. The molecular formula is C12H15N3O2S2. The molecule has 2 aromatic rings. The second-order valence-corrected chi connectivity index (χ2v) is 6.01. The van der Waals surface area contributed by atoms with Gasteiger partial charge in [0.2, 0.25) is 0 Å². The molecule has 5 nitrogen and oxygen atoms in total. The van der Waals surface area contributed by atoms with E-state index in [9.17, 15) is 4.79 Å². The first-order chi connectivity index (χ1) is 9.20. The number of aryl methyl sites for hydroxylation is 1.